The molecule has 0 spiro atoms. The lowest BCUT2D eigenvalue weighted by Crippen LogP contribution is -2.04. The van der Waals surface area contributed by atoms with Gasteiger partial charge >= 0.3 is 5.97 Å². The Kier molecular flexibility index (Phi) is 10.0. The van der Waals surface area contributed by atoms with Crippen LogP contribution < -0.4 is 0 Å². The van der Waals surface area contributed by atoms with Crippen molar-refractivity contribution in [1.82, 2.24) is 0 Å². The topological polar surface area (TPSA) is 55.6 Å². The molecule has 5 nitrogen and oxygen atoms in total. The molecule has 0 aliphatic rings. The molecule has 110 valence electrons. The maximum absolute atomic E-state index is 11.2. The van der Waals surface area contributed by atoms with Gasteiger partial charge in [0.25, 0.3) is 11.1 Å². The van der Waals surface area contributed by atoms with Crippen LogP contribution in [0.2, 0.25) is 0 Å². The molecule has 0 atom stereocenters. The SMILES string of the molecule is CC.COC(=O)CS/C(=C\[N+](=O)OC)c1ccccc1. The quantitative estimate of drug-likeness (QED) is 0.596. The minimum absolute atomic E-state index is 0.134. The first-order valence-electron chi connectivity index (χ1n) is 6.14. The molecule has 0 heterocycles. The molecule has 0 aromatic heterocycles. The molecule has 1 aromatic rings. The summed E-state index contributed by atoms with van der Waals surface area (Å²) in [6.07, 6.45) is 1.28. The van der Waals surface area contributed by atoms with Gasteiger partial charge in [-0.05, 0) is 5.56 Å². The molecule has 0 saturated carbocycles. The molecule has 0 aliphatic carbocycles. The standard InChI is InChI=1S/C12H14NO4S.C2H6/c1-16-12(14)9-18-11(8-13(15)17-2)10-6-4-3-5-7-10;1-2/h3-8H,9H2,1-2H3;1-2H3/q+1;/b11-8-;. The van der Waals surface area contributed by atoms with E-state index in [1.807, 2.05) is 44.2 Å². The van der Waals surface area contributed by atoms with Crippen molar-refractivity contribution in [1.29, 1.82) is 0 Å². The predicted octanol–water partition coefficient (Wildman–Crippen LogP) is 3.26. The van der Waals surface area contributed by atoms with Crippen LogP contribution >= 0.6 is 11.8 Å². The monoisotopic (exact) mass is 298 g/mol. The van der Waals surface area contributed by atoms with Gasteiger partial charge in [-0.15, -0.1) is 11.8 Å². The van der Waals surface area contributed by atoms with E-state index in [0.717, 1.165) is 5.56 Å². The largest absolute Gasteiger partial charge is 0.468 e. The van der Waals surface area contributed by atoms with E-state index in [1.165, 1.54) is 32.2 Å². The van der Waals surface area contributed by atoms with Crippen molar-refractivity contribution < 1.29 is 19.3 Å². The summed E-state index contributed by atoms with van der Waals surface area (Å²) in [5, 5.41) is 0. The van der Waals surface area contributed by atoms with Gasteiger partial charge in [0.15, 0.2) is 7.11 Å². The molecule has 20 heavy (non-hydrogen) atoms. The van der Waals surface area contributed by atoms with Crippen molar-refractivity contribution in [3.8, 4) is 0 Å². The summed E-state index contributed by atoms with van der Waals surface area (Å²) in [6, 6.07) is 9.27. The number of carbonyl (C=O) groups excluding carboxylic acids is 1. The van der Waals surface area contributed by atoms with Crippen molar-refractivity contribution in [2.24, 2.45) is 0 Å². The second-order valence-corrected chi connectivity index (χ2v) is 4.21. The van der Waals surface area contributed by atoms with Gasteiger partial charge in [-0.25, -0.2) is 4.84 Å². The van der Waals surface area contributed by atoms with Crippen LogP contribution in [-0.4, -0.2) is 30.9 Å². The Morgan fingerprint density at radius 3 is 2.35 bits per heavy atom. The second-order valence-electron chi connectivity index (χ2n) is 3.19. The number of methoxy groups -OCH3 is 1. The number of benzene rings is 1. The van der Waals surface area contributed by atoms with Gasteiger partial charge < -0.3 is 4.74 Å². The van der Waals surface area contributed by atoms with Crippen LogP contribution in [0.1, 0.15) is 19.4 Å². The van der Waals surface area contributed by atoms with Gasteiger partial charge in [0, 0.05) is 0 Å². The molecule has 0 fully saturated rings. The fraction of sp³-hybridized carbons (Fsp3) is 0.357. The summed E-state index contributed by atoms with van der Waals surface area (Å²) < 4.78 is 4.56. The van der Waals surface area contributed by atoms with Crippen molar-refractivity contribution in [3.63, 3.8) is 0 Å². The Bertz CT molecular complexity index is 446. The number of nitrogens with zero attached hydrogens (tertiary/aromatic N) is 1. The minimum Gasteiger partial charge on any atom is -0.468 e. The first-order valence-corrected chi connectivity index (χ1v) is 7.13. The Labute approximate surface area is 123 Å². The van der Waals surface area contributed by atoms with Crippen LogP contribution in [0, 0.1) is 4.91 Å². The third-order valence-electron chi connectivity index (χ3n) is 2.03. The molecule has 1 aromatic carbocycles. The van der Waals surface area contributed by atoms with E-state index in [2.05, 4.69) is 9.57 Å². The molecule has 0 saturated heterocycles. The molecule has 1 rings (SSSR count). The maximum atomic E-state index is 11.2. The zero-order chi connectivity index (χ0) is 15.4. The molecular weight excluding hydrogens is 278 g/mol. The van der Waals surface area contributed by atoms with Crippen LogP contribution in [0.5, 0.6) is 0 Å². The summed E-state index contributed by atoms with van der Waals surface area (Å²) in [5.41, 5.74) is 0.837. The molecule has 0 bridgehead atoms. The highest BCUT2D eigenvalue weighted by Gasteiger charge is 2.13. The smallest absolute Gasteiger partial charge is 0.315 e. The second kappa shape index (κ2) is 11.0. The lowest BCUT2D eigenvalue weighted by atomic mass is 10.2. The molecule has 6 heteroatoms. The number of hydrogen-bond acceptors (Lipinski definition) is 5. The molecule has 0 amide bonds. The van der Waals surface area contributed by atoms with Crippen molar-refractivity contribution in [3.05, 3.63) is 47.0 Å². The van der Waals surface area contributed by atoms with Crippen LogP contribution in [0.4, 0.5) is 0 Å². The Balaban J connectivity index is 0.00000172. The van der Waals surface area contributed by atoms with E-state index in [0.29, 0.717) is 9.83 Å². The van der Waals surface area contributed by atoms with E-state index in [4.69, 9.17) is 0 Å². The summed E-state index contributed by atoms with van der Waals surface area (Å²) in [5.74, 6) is -0.217. The normalized spacial score (nSPS) is 10.1. The average Bonchev–Trinajstić information content (AvgIpc) is 2.53. The third-order valence-corrected chi connectivity index (χ3v) is 3.07. The van der Waals surface area contributed by atoms with Gasteiger partial charge in [0.1, 0.15) is 0 Å². The number of esters is 1. The number of carbonyl (C=O) groups is 1. The van der Waals surface area contributed by atoms with Gasteiger partial charge in [0.2, 0.25) is 0 Å². The Morgan fingerprint density at radius 1 is 1.25 bits per heavy atom. The summed E-state index contributed by atoms with van der Waals surface area (Å²) in [4.78, 5) is 27.8. The zero-order valence-corrected chi connectivity index (χ0v) is 13.0. The molecular formula is C14H20NO4S+. The average molecular weight is 298 g/mol. The molecule has 0 unspecified atom stereocenters. The highest BCUT2D eigenvalue weighted by molar-refractivity contribution is 8.08. The van der Waals surface area contributed by atoms with Gasteiger partial charge in [-0.3, -0.25) is 4.79 Å². The number of hydrogen-bond donors (Lipinski definition) is 0. The highest BCUT2D eigenvalue weighted by atomic mass is 32.2. The summed E-state index contributed by atoms with van der Waals surface area (Å²) in [7, 11) is 2.60. The zero-order valence-electron chi connectivity index (χ0n) is 12.2. The first kappa shape index (κ1) is 18.2. The van der Waals surface area contributed by atoms with Crippen molar-refractivity contribution in [2.75, 3.05) is 20.0 Å². The Morgan fingerprint density at radius 2 is 1.85 bits per heavy atom. The van der Waals surface area contributed by atoms with E-state index in [-0.39, 0.29) is 11.7 Å². The van der Waals surface area contributed by atoms with E-state index < -0.39 is 0 Å². The minimum atomic E-state index is -0.350. The lowest BCUT2D eigenvalue weighted by Gasteiger charge is -2.03. The molecule has 0 N–H and O–H groups in total. The van der Waals surface area contributed by atoms with Crippen LogP contribution in [0.25, 0.3) is 4.91 Å². The first-order chi connectivity index (χ1) is 9.67. The number of ether oxygens (including phenoxy) is 1. The van der Waals surface area contributed by atoms with Crippen LogP contribution in [0.15, 0.2) is 36.5 Å². The fourth-order valence-electron chi connectivity index (χ4n) is 1.14. The van der Waals surface area contributed by atoms with E-state index >= 15 is 0 Å². The lowest BCUT2D eigenvalue weighted by molar-refractivity contribution is -0.748. The van der Waals surface area contributed by atoms with Gasteiger partial charge in [-0.1, -0.05) is 44.2 Å². The fourth-order valence-corrected chi connectivity index (χ4v) is 2.00. The maximum Gasteiger partial charge on any atom is 0.315 e. The summed E-state index contributed by atoms with van der Waals surface area (Å²) in [6.45, 7) is 4.00. The van der Waals surface area contributed by atoms with Crippen molar-refractivity contribution in [2.45, 2.75) is 13.8 Å². The van der Waals surface area contributed by atoms with Crippen LogP contribution in [0.3, 0.4) is 0 Å². The summed E-state index contributed by atoms with van der Waals surface area (Å²) >= 11 is 1.22. The highest BCUT2D eigenvalue weighted by Crippen LogP contribution is 2.27. The van der Waals surface area contributed by atoms with Crippen molar-refractivity contribution >= 4 is 22.6 Å². The van der Waals surface area contributed by atoms with Gasteiger partial charge in [0.05, 0.1) is 22.7 Å². The predicted molar refractivity (Wildman–Crippen MR) is 80.9 cm³/mol. The third kappa shape index (κ3) is 6.94. The van der Waals surface area contributed by atoms with E-state index in [9.17, 15) is 9.70 Å². The van der Waals surface area contributed by atoms with Crippen LogP contribution in [-0.2, 0) is 14.4 Å². The number of thioether (sulfide) groups is 1. The molecule has 0 radical (unpaired) electrons. The molecule has 0 aliphatic heterocycles. The van der Waals surface area contributed by atoms with Gasteiger partial charge in [-0.2, -0.15) is 0 Å². The van der Waals surface area contributed by atoms with E-state index in [1.54, 1.807) is 0 Å². The Hall–Kier alpha value is -1.82. The number of rotatable bonds is 6.